The first-order chi connectivity index (χ1) is 14.0. The molecule has 0 bridgehead atoms. The molecule has 2 fully saturated rings. The fourth-order valence-electron chi connectivity index (χ4n) is 4.35. The summed E-state index contributed by atoms with van der Waals surface area (Å²) in [6.45, 7) is 4.05. The van der Waals surface area contributed by atoms with Gasteiger partial charge < -0.3 is 15.5 Å². The molecule has 6 nitrogen and oxygen atoms in total. The van der Waals surface area contributed by atoms with Gasteiger partial charge in [0.2, 0.25) is 0 Å². The van der Waals surface area contributed by atoms with Crippen molar-refractivity contribution in [2.24, 2.45) is 4.99 Å². The van der Waals surface area contributed by atoms with Crippen LogP contribution < -0.4 is 10.6 Å². The maximum atomic E-state index is 12.0. The minimum atomic E-state index is 0.0277. The van der Waals surface area contributed by atoms with Gasteiger partial charge in [-0.05, 0) is 30.5 Å². The lowest BCUT2D eigenvalue weighted by atomic mass is 9.94. The zero-order valence-electron chi connectivity index (χ0n) is 18.0. The van der Waals surface area contributed by atoms with Crippen LogP contribution in [0.25, 0.3) is 0 Å². The first-order valence-corrected chi connectivity index (χ1v) is 11.8. The minimum Gasteiger partial charge on any atom is -0.355 e. The summed E-state index contributed by atoms with van der Waals surface area (Å²) in [5.74, 6) is 3.37. The Kier molecular flexibility index (Phi) is 7.84. The molecule has 2 aliphatic rings. The molecule has 0 radical (unpaired) electrons. The molecule has 2 N–H and O–H groups in total. The molecule has 7 heteroatoms. The summed E-state index contributed by atoms with van der Waals surface area (Å²) in [6, 6.07) is 7.77. The largest absolute Gasteiger partial charge is 0.355 e. The summed E-state index contributed by atoms with van der Waals surface area (Å²) < 4.78 is 0. The Hall–Kier alpha value is -1.73. The molecule has 0 spiro atoms. The number of rotatable bonds is 6. The SMILES string of the molecule is CN=C(NCc1ccc(C(=O)N(C)C)cc1)NCC1(N2CCSCC2)CCCC1. The molecule has 1 amide bonds. The molecule has 1 saturated carbocycles. The highest BCUT2D eigenvalue weighted by Gasteiger charge is 2.39. The van der Waals surface area contributed by atoms with Crippen molar-refractivity contribution in [1.82, 2.24) is 20.4 Å². The Balaban J connectivity index is 1.53. The average molecular weight is 418 g/mol. The number of nitrogens with one attached hydrogen (secondary N) is 2. The van der Waals surface area contributed by atoms with Gasteiger partial charge in [0, 0.05) is 69.9 Å². The van der Waals surface area contributed by atoms with Crippen LogP contribution >= 0.6 is 11.8 Å². The second-order valence-electron chi connectivity index (χ2n) is 8.21. The monoisotopic (exact) mass is 417 g/mol. The van der Waals surface area contributed by atoms with E-state index in [-0.39, 0.29) is 11.4 Å². The number of thioether (sulfide) groups is 1. The molecule has 0 unspecified atom stereocenters. The molecule has 1 aliphatic carbocycles. The van der Waals surface area contributed by atoms with Crippen molar-refractivity contribution in [1.29, 1.82) is 0 Å². The summed E-state index contributed by atoms with van der Waals surface area (Å²) in [5, 5.41) is 7.02. The van der Waals surface area contributed by atoms with Gasteiger partial charge in [0.1, 0.15) is 0 Å². The summed E-state index contributed by atoms with van der Waals surface area (Å²) in [4.78, 5) is 20.8. The van der Waals surface area contributed by atoms with Crippen LogP contribution in [0.2, 0.25) is 0 Å². The van der Waals surface area contributed by atoms with E-state index < -0.39 is 0 Å². The first kappa shape index (κ1) is 22.0. The van der Waals surface area contributed by atoms with E-state index >= 15 is 0 Å². The highest BCUT2D eigenvalue weighted by molar-refractivity contribution is 7.99. The van der Waals surface area contributed by atoms with E-state index in [4.69, 9.17) is 0 Å². The number of hydrogen-bond acceptors (Lipinski definition) is 4. The van der Waals surface area contributed by atoms with Crippen molar-refractivity contribution in [3.8, 4) is 0 Å². The van der Waals surface area contributed by atoms with Crippen LogP contribution in [0.15, 0.2) is 29.3 Å². The maximum Gasteiger partial charge on any atom is 0.253 e. The average Bonchev–Trinajstić information content (AvgIpc) is 3.24. The number of carbonyl (C=O) groups excluding carboxylic acids is 1. The Morgan fingerprint density at radius 3 is 2.38 bits per heavy atom. The van der Waals surface area contributed by atoms with Crippen LogP contribution in [-0.2, 0) is 6.54 Å². The number of amides is 1. The van der Waals surface area contributed by atoms with Gasteiger partial charge >= 0.3 is 0 Å². The van der Waals surface area contributed by atoms with Crippen molar-refractivity contribution in [2.45, 2.75) is 37.8 Å². The first-order valence-electron chi connectivity index (χ1n) is 10.6. The maximum absolute atomic E-state index is 12.0. The molecule has 0 atom stereocenters. The molecule has 3 rings (SSSR count). The summed E-state index contributed by atoms with van der Waals surface area (Å²) >= 11 is 2.07. The topological polar surface area (TPSA) is 60.0 Å². The van der Waals surface area contributed by atoms with Crippen LogP contribution in [0.5, 0.6) is 0 Å². The second kappa shape index (κ2) is 10.3. The number of aliphatic imine (C=N–C) groups is 1. The van der Waals surface area contributed by atoms with Crippen molar-refractivity contribution >= 4 is 23.6 Å². The molecule has 1 heterocycles. The third kappa shape index (κ3) is 5.66. The second-order valence-corrected chi connectivity index (χ2v) is 9.43. The standard InChI is InChI=1S/C22H35N5OS/c1-23-21(24-16-18-6-8-19(9-7-18)20(28)26(2)3)25-17-22(10-4-5-11-22)27-12-14-29-15-13-27/h6-9H,4-5,10-17H2,1-3H3,(H2,23,24,25). The van der Waals surface area contributed by atoms with Crippen molar-refractivity contribution in [3.05, 3.63) is 35.4 Å². The molecule has 1 aromatic rings. The lowest BCUT2D eigenvalue weighted by Crippen LogP contribution is -2.57. The fraction of sp³-hybridized carbons (Fsp3) is 0.636. The number of benzene rings is 1. The van der Waals surface area contributed by atoms with Gasteiger partial charge in [-0.25, -0.2) is 0 Å². The van der Waals surface area contributed by atoms with E-state index in [2.05, 4.69) is 32.3 Å². The van der Waals surface area contributed by atoms with Gasteiger partial charge in [0.05, 0.1) is 0 Å². The van der Waals surface area contributed by atoms with E-state index in [1.54, 1.807) is 19.0 Å². The van der Waals surface area contributed by atoms with E-state index in [1.807, 2.05) is 31.3 Å². The molecule has 1 saturated heterocycles. The van der Waals surface area contributed by atoms with E-state index in [0.717, 1.165) is 18.1 Å². The fourth-order valence-corrected chi connectivity index (χ4v) is 5.26. The summed E-state index contributed by atoms with van der Waals surface area (Å²) in [5.41, 5.74) is 2.13. The molecular formula is C22H35N5OS. The zero-order chi connectivity index (χ0) is 20.7. The zero-order valence-corrected chi connectivity index (χ0v) is 18.9. The van der Waals surface area contributed by atoms with Gasteiger partial charge in [-0.3, -0.25) is 14.7 Å². The van der Waals surface area contributed by atoms with Crippen LogP contribution in [0.3, 0.4) is 0 Å². The van der Waals surface area contributed by atoms with Gasteiger partial charge in [-0.2, -0.15) is 11.8 Å². The summed E-state index contributed by atoms with van der Waals surface area (Å²) in [6.07, 6.45) is 5.22. The number of hydrogen-bond donors (Lipinski definition) is 2. The third-order valence-electron chi connectivity index (χ3n) is 6.09. The van der Waals surface area contributed by atoms with Gasteiger partial charge in [0.25, 0.3) is 5.91 Å². The van der Waals surface area contributed by atoms with Gasteiger partial charge in [-0.1, -0.05) is 25.0 Å². The van der Waals surface area contributed by atoms with Crippen molar-refractivity contribution in [2.75, 3.05) is 52.3 Å². The molecule has 1 aliphatic heterocycles. The number of carbonyl (C=O) groups is 1. The van der Waals surface area contributed by atoms with E-state index in [0.29, 0.717) is 12.1 Å². The molecule has 160 valence electrons. The van der Waals surface area contributed by atoms with Crippen molar-refractivity contribution < 1.29 is 4.79 Å². The smallest absolute Gasteiger partial charge is 0.253 e. The molecule has 29 heavy (non-hydrogen) atoms. The van der Waals surface area contributed by atoms with Crippen LogP contribution in [0.1, 0.15) is 41.6 Å². The number of guanidine groups is 1. The lowest BCUT2D eigenvalue weighted by molar-refractivity contribution is 0.0827. The van der Waals surface area contributed by atoms with Crippen LogP contribution in [0.4, 0.5) is 0 Å². The van der Waals surface area contributed by atoms with Crippen molar-refractivity contribution in [3.63, 3.8) is 0 Å². The normalized spacial score (nSPS) is 19.8. The third-order valence-corrected chi connectivity index (χ3v) is 7.03. The Labute approximate surface area is 179 Å². The van der Waals surface area contributed by atoms with Crippen LogP contribution in [-0.4, -0.2) is 79.5 Å². The Morgan fingerprint density at radius 1 is 1.14 bits per heavy atom. The highest BCUT2D eigenvalue weighted by Crippen LogP contribution is 2.36. The quantitative estimate of drug-likeness (QED) is 0.550. The minimum absolute atomic E-state index is 0.0277. The molecule has 0 aromatic heterocycles. The van der Waals surface area contributed by atoms with E-state index in [9.17, 15) is 4.79 Å². The Bertz CT molecular complexity index is 692. The molecule has 1 aromatic carbocycles. The predicted octanol–water partition coefficient (Wildman–Crippen LogP) is 2.41. The van der Waals surface area contributed by atoms with E-state index in [1.165, 1.54) is 50.3 Å². The lowest BCUT2D eigenvalue weighted by Gasteiger charge is -2.43. The molecular weight excluding hydrogens is 382 g/mol. The van der Waals surface area contributed by atoms with Crippen LogP contribution in [0, 0.1) is 0 Å². The Morgan fingerprint density at radius 2 is 1.79 bits per heavy atom. The van der Waals surface area contributed by atoms with Gasteiger partial charge in [0.15, 0.2) is 5.96 Å². The predicted molar refractivity (Wildman–Crippen MR) is 123 cm³/mol. The number of nitrogens with zero attached hydrogens (tertiary/aromatic N) is 3. The summed E-state index contributed by atoms with van der Waals surface area (Å²) in [7, 11) is 5.37. The van der Waals surface area contributed by atoms with Gasteiger partial charge in [-0.15, -0.1) is 0 Å². The highest BCUT2D eigenvalue weighted by atomic mass is 32.2.